The minimum atomic E-state index is -0.322. The van der Waals surface area contributed by atoms with E-state index < -0.39 is 0 Å². The van der Waals surface area contributed by atoms with E-state index in [1.54, 1.807) is 5.38 Å². The Kier molecular flexibility index (Phi) is 5.20. The molecule has 0 atom stereocenters. The van der Waals surface area contributed by atoms with Crippen LogP contribution in [0.5, 0.6) is 5.75 Å². The number of carbonyl (C=O) groups is 1. The highest BCUT2D eigenvalue weighted by molar-refractivity contribution is 7.98. The largest absolute Gasteiger partial charge is 0.493 e. The van der Waals surface area contributed by atoms with Crippen molar-refractivity contribution in [2.45, 2.75) is 17.3 Å². The predicted octanol–water partition coefficient (Wildman–Crippen LogP) is 4.41. The van der Waals surface area contributed by atoms with Gasteiger partial charge in [-0.3, -0.25) is 10.1 Å². The van der Waals surface area contributed by atoms with Crippen molar-refractivity contribution in [3.05, 3.63) is 70.7 Å². The number of hydrogen-bond donors (Lipinski definition) is 2. The standard InChI is InChI=1S/C21H17N5O2S2/c27-18(23-20-24-21(26-25-20)30-11-13-4-2-1-3-5-13)16-12-29-19(22-16)15-6-7-17-14(10-15)8-9-28-17/h1-7,10,12H,8-9,11H2,(H2,23,24,25,26,27). The van der Waals surface area contributed by atoms with E-state index in [1.165, 1.54) is 34.2 Å². The van der Waals surface area contributed by atoms with Crippen LogP contribution in [-0.4, -0.2) is 32.7 Å². The Morgan fingerprint density at radius 2 is 2.10 bits per heavy atom. The molecule has 4 aromatic rings. The fourth-order valence-electron chi connectivity index (χ4n) is 3.09. The van der Waals surface area contributed by atoms with Gasteiger partial charge in [-0.05, 0) is 29.3 Å². The third kappa shape index (κ3) is 4.07. The zero-order valence-corrected chi connectivity index (χ0v) is 17.4. The van der Waals surface area contributed by atoms with Crippen LogP contribution in [0.25, 0.3) is 10.6 Å². The van der Waals surface area contributed by atoms with Crippen molar-refractivity contribution < 1.29 is 9.53 Å². The molecule has 0 bridgehead atoms. The van der Waals surface area contributed by atoms with Crippen molar-refractivity contribution >= 4 is 35.0 Å². The first-order valence-corrected chi connectivity index (χ1v) is 11.2. The molecule has 5 rings (SSSR count). The quantitative estimate of drug-likeness (QED) is 0.436. The number of carbonyl (C=O) groups excluding carboxylic acids is 1. The summed E-state index contributed by atoms with van der Waals surface area (Å²) in [7, 11) is 0. The third-order valence-corrected chi connectivity index (χ3v) is 6.39. The van der Waals surface area contributed by atoms with E-state index in [2.05, 4.69) is 43.7 Å². The average Bonchev–Trinajstić information content (AvgIpc) is 3.53. The number of hydrogen-bond acceptors (Lipinski definition) is 7. The van der Waals surface area contributed by atoms with Crippen LogP contribution in [0.3, 0.4) is 0 Å². The zero-order chi connectivity index (χ0) is 20.3. The molecule has 0 saturated heterocycles. The second-order valence-corrected chi connectivity index (χ2v) is 8.45. The number of nitrogens with one attached hydrogen (secondary N) is 2. The maximum Gasteiger partial charge on any atom is 0.277 e. The first kappa shape index (κ1) is 18.8. The fraction of sp³-hybridized carbons (Fsp3) is 0.143. The number of ether oxygens (including phenoxy) is 1. The van der Waals surface area contributed by atoms with Crippen LogP contribution in [0.1, 0.15) is 21.6 Å². The summed E-state index contributed by atoms with van der Waals surface area (Å²) in [4.78, 5) is 21.4. The molecule has 7 nitrogen and oxygen atoms in total. The molecule has 2 aromatic heterocycles. The van der Waals surface area contributed by atoms with Crippen molar-refractivity contribution in [3.8, 4) is 16.3 Å². The number of anilines is 1. The number of aromatic amines is 1. The number of H-pyrrole nitrogens is 1. The number of fused-ring (bicyclic) bond motifs is 1. The van der Waals surface area contributed by atoms with E-state index in [1.807, 2.05) is 30.3 Å². The Labute approximate surface area is 180 Å². The molecule has 0 saturated carbocycles. The lowest BCUT2D eigenvalue weighted by molar-refractivity contribution is 0.102. The Morgan fingerprint density at radius 1 is 1.20 bits per heavy atom. The van der Waals surface area contributed by atoms with Gasteiger partial charge in [-0.2, -0.15) is 4.98 Å². The molecule has 0 unspecified atom stereocenters. The Bertz CT molecular complexity index is 1190. The lowest BCUT2D eigenvalue weighted by Crippen LogP contribution is -2.13. The molecule has 0 aliphatic carbocycles. The van der Waals surface area contributed by atoms with Gasteiger partial charge in [0.15, 0.2) is 0 Å². The third-order valence-electron chi connectivity index (χ3n) is 4.58. The summed E-state index contributed by atoms with van der Waals surface area (Å²) in [5.74, 6) is 1.67. The molecule has 1 aliphatic rings. The molecule has 30 heavy (non-hydrogen) atoms. The highest BCUT2D eigenvalue weighted by Crippen LogP contribution is 2.32. The van der Waals surface area contributed by atoms with Crippen LogP contribution < -0.4 is 10.1 Å². The summed E-state index contributed by atoms with van der Waals surface area (Å²) in [5.41, 5.74) is 3.70. The minimum Gasteiger partial charge on any atom is -0.493 e. The monoisotopic (exact) mass is 435 g/mol. The van der Waals surface area contributed by atoms with Crippen LogP contribution >= 0.6 is 23.1 Å². The maximum absolute atomic E-state index is 12.6. The molecule has 0 radical (unpaired) electrons. The Hall–Kier alpha value is -3.17. The number of amides is 1. The van der Waals surface area contributed by atoms with Crippen LogP contribution in [0.15, 0.2) is 59.1 Å². The van der Waals surface area contributed by atoms with E-state index in [4.69, 9.17) is 4.74 Å². The molecule has 1 aliphatic heterocycles. The number of aromatic nitrogens is 4. The maximum atomic E-state index is 12.6. The molecule has 0 spiro atoms. The summed E-state index contributed by atoms with van der Waals surface area (Å²) < 4.78 is 5.54. The van der Waals surface area contributed by atoms with Gasteiger partial charge in [0, 0.05) is 23.1 Å². The van der Waals surface area contributed by atoms with Gasteiger partial charge < -0.3 is 4.74 Å². The second-order valence-electron chi connectivity index (χ2n) is 6.65. The molecule has 3 heterocycles. The topological polar surface area (TPSA) is 92.8 Å². The molecule has 9 heteroatoms. The van der Waals surface area contributed by atoms with Gasteiger partial charge in [0.25, 0.3) is 5.91 Å². The van der Waals surface area contributed by atoms with Gasteiger partial charge in [-0.1, -0.05) is 42.1 Å². The van der Waals surface area contributed by atoms with Crippen molar-refractivity contribution in [2.75, 3.05) is 11.9 Å². The lowest BCUT2D eigenvalue weighted by atomic mass is 10.1. The molecule has 0 fully saturated rings. The smallest absolute Gasteiger partial charge is 0.277 e. The minimum absolute atomic E-state index is 0.305. The molecular weight excluding hydrogens is 418 g/mol. The van der Waals surface area contributed by atoms with E-state index in [9.17, 15) is 4.79 Å². The van der Waals surface area contributed by atoms with Crippen LogP contribution in [0, 0.1) is 0 Å². The number of benzene rings is 2. The first-order valence-electron chi connectivity index (χ1n) is 9.37. The van der Waals surface area contributed by atoms with Gasteiger partial charge >= 0.3 is 0 Å². The van der Waals surface area contributed by atoms with E-state index in [0.29, 0.717) is 23.4 Å². The number of rotatable bonds is 6. The van der Waals surface area contributed by atoms with Gasteiger partial charge in [0.1, 0.15) is 16.5 Å². The molecule has 2 N–H and O–H groups in total. The molecule has 1 amide bonds. The zero-order valence-electron chi connectivity index (χ0n) is 15.8. The van der Waals surface area contributed by atoms with Gasteiger partial charge in [0.05, 0.1) is 6.61 Å². The summed E-state index contributed by atoms with van der Waals surface area (Å²) in [5, 5.41) is 12.8. The predicted molar refractivity (Wildman–Crippen MR) is 117 cm³/mol. The van der Waals surface area contributed by atoms with Gasteiger partial charge in [0.2, 0.25) is 11.1 Å². The van der Waals surface area contributed by atoms with Crippen LogP contribution in [-0.2, 0) is 12.2 Å². The second kappa shape index (κ2) is 8.29. The summed E-state index contributed by atoms with van der Waals surface area (Å²) in [6, 6.07) is 16.1. The SMILES string of the molecule is O=C(Nc1nc(SCc2ccccc2)n[nH]1)c1csc(-c2ccc3c(c2)CCO3)n1. The number of nitrogens with zero attached hydrogens (tertiary/aromatic N) is 3. The van der Waals surface area contributed by atoms with Crippen LogP contribution in [0.2, 0.25) is 0 Å². The summed E-state index contributed by atoms with van der Waals surface area (Å²) >= 11 is 2.93. The first-order chi connectivity index (χ1) is 14.7. The molecular formula is C21H17N5O2S2. The fourth-order valence-corrected chi connectivity index (χ4v) is 4.64. The summed E-state index contributed by atoms with van der Waals surface area (Å²) in [6.07, 6.45) is 0.901. The van der Waals surface area contributed by atoms with Gasteiger partial charge in [-0.25, -0.2) is 10.1 Å². The van der Waals surface area contributed by atoms with Crippen LogP contribution in [0.4, 0.5) is 5.95 Å². The molecule has 2 aromatic carbocycles. The van der Waals surface area contributed by atoms with Gasteiger partial charge in [-0.15, -0.1) is 16.4 Å². The molecule has 150 valence electrons. The lowest BCUT2D eigenvalue weighted by Gasteiger charge is -2.01. The highest BCUT2D eigenvalue weighted by Gasteiger charge is 2.17. The normalized spacial score (nSPS) is 12.4. The van der Waals surface area contributed by atoms with Crippen molar-refractivity contribution in [1.29, 1.82) is 0 Å². The van der Waals surface area contributed by atoms with Crippen molar-refractivity contribution in [2.24, 2.45) is 0 Å². The van der Waals surface area contributed by atoms with Crippen molar-refractivity contribution in [3.63, 3.8) is 0 Å². The summed E-state index contributed by atoms with van der Waals surface area (Å²) in [6.45, 7) is 0.715. The Morgan fingerprint density at radius 3 is 3.00 bits per heavy atom. The highest BCUT2D eigenvalue weighted by atomic mass is 32.2. The number of thioether (sulfide) groups is 1. The number of thiazole rings is 1. The van der Waals surface area contributed by atoms with E-state index in [-0.39, 0.29) is 5.91 Å². The van der Waals surface area contributed by atoms with E-state index >= 15 is 0 Å². The van der Waals surface area contributed by atoms with Crippen molar-refractivity contribution in [1.82, 2.24) is 20.2 Å². The van der Waals surface area contributed by atoms with E-state index in [0.717, 1.165) is 28.5 Å². The Balaban J connectivity index is 1.23. The average molecular weight is 436 g/mol.